The zero-order valence-electron chi connectivity index (χ0n) is 8.58. The molecule has 2 unspecified atom stereocenters. The normalized spacial score (nSPS) is 28.6. The number of hydrogen-bond donors (Lipinski definition) is 2. The maximum atomic E-state index is 8.83. The Morgan fingerprint density at radius 2 is 2.23 bits per heavy atom. The number of likely N-dealkylation sites (N-methyl/N-ethyl adjacent to an activating group) is 1. The van der Waals surface area contributed by atoms with Gasteiger partial charge in [-0.25, -0.2) is 0 Å². The first kappa shape index (κ1) is 11.0. The predicted molar refractivity (Wildman–Crippen MR) is 54.5 cm³/mol. The smallest absolute Gasteiger partial charge is 0.0558 e. The standard InChI is InChI=1S/C10H22N2O/c1-2-12(6-7-13)8-9-4-3-5-10(9)11/h9-10,13H,2-8,11H2,1H3. The van der Waals surface area contributed by atoms with Crippen LogP contribution in [0.2, 0.25) is 0 Å². The summed E-state index contributed by atoms with van der Waals surface area (Å²) in [7, 11) is 0. The summed E-state index contributed by atoms with van der Waals surface area (Å²) in [5.74, 6) is 0.659. The number of aliphatic hydroxyl groups is 1. The van der Waals surface area contributed by atoms with Gasteiger partial charge in [0.15, 0.2) is 0 Å². The van der Waals surface area contributed by atoms with Crippen LogP contribution in [0.25, 0.3) is 0 Å². The molecular formula is C10H22N2O. The van der Waals surface area contributed by atoms with Crippen molar-refractivity contribution < 1.29 is 5.11 Å². The molecule has 0 aromatic rings. The second kappa shape index (κ2) is 5.58. The molecule has 13 heavy (non-hydrogen) atoms. The fourth-order valence-electron chi connectivity index (χ4n) is 2.14. The maximum absolute atomic E-state index is 8.83. The van der Waals surface area contributed by atoms with Crippen molar-refractivity contribution in [3.05, 3.63) is 0 Å². The van der Waals surface area contributed by atoms with Crippen molar-refractivity contribution in [2.45, 2.75) is 32.2 Å². The van der Waals surface area contributed by atoms with Crippen molar-refractivity contribution in [1.82, 2.24) is 4.90 Å². The molecule has 0 bridgehead atoms. The molecule has 1 fully saturated rings. The average Bonchev–Trinajstić information content (AvgIpc) is 2.51. The Bertz CT molecular complexity index is 141. The van der Waals surface area contributed by atoms with Crippen LogP contribution in [0.4, 0.5) is 0 Å². The van der Waals surface area contributed by atoms with Crippen LogP contribution in [0.3, 0.4) is 0 Å². The molecule has 1 aliphatic carbocycles. The van der Waals surface area contributed by atoms with Gasteiger partial charge in [0.25, 0.3) is 0 Å². The lowest BCUT2D eigenvalue weighted by Crippen LogP contribution is -2.37. The average molecular weight is 186 g/mol. The molecule has 3 nitrogen and oxygen atoms in total. The third kappa shape index (κ3) is 3.25. The molecule has 0 radical (unpaired) electrons. The molecule has 0 aromatic heterocycles. The van der Waals surface area contributed by atoms with Crippen molar-refractivity contribution in [3.63, 3.8) is 0 Å². The van der Waals surface area contributed by atoms with Gasteiger partial charge in [0.1, 0.15) is 0 Å². The van der Waals surface area contributed by atoms with Gasteiger partial charge in [-0.2, -0.15) is 0 Å². The Labute approximate surface area is 80.9 Å². The van der Waals surface area contributed by atoms with Crippen LogP contribution < -0.4 is 5.73 Å². The molecule has 0 aromatic carbocycles. The number of hydrogen-bond acceptors (Lipinski definition) is 3. The molecule has 3 N–H and O–H groups in total. The summed E-state index contributed by atoms with van der Waals surface area (Å²) in [6.07, 6.45) is 3.73. The van der Waals surface area contributed by atoms with Gasteiger partial charge in [-0.3, -0.25) is 0 Å². The number of rotatable bonds is 5. The summed E-state index contributed by atoms with van der Waals surface area (Å²) >= 11 is 0. The molecule has 1 rings (SSSR count). The van der Waals surface area contributed by atoms with Crippen LogP contribution in [0.5, 0.6) is 0 Å². The van der Waals surface area contributed by atoms with Crippen molar-refractivity contribution in [2.75, 3.05) is 26.2 Å². The monoisotopic (exact) mass is 186 g/mol. The van der Waals surface area contributed by atoms with E-state index in [4.69, 9.17) is 10.8 Å². The van der Waals surface area contributed by atoms with E-state index in [-0.39, 0.29) is 6.61 Å². The van der Waals surface area contributed by atoms with Gasteiger partial charge in [0.2, 0.25) is 0 Å². The Morgan fingerprint density at radius 3 is 2.69 bits per heavy atom. The van der Waals surface area contributed by atoms with Gasteiger partial charge in [0, 0.05) is 19.1 Å². The molecule has 0 amide bonds. The Kier molecular flexibility index (Phi) is 4.70. The molecular weight excluding hydrogens is 164 g/mol. The third-order valence-corrected chi connectivity index (χ3v) is 3.07. The third-order valence-electron chi connectivity index (χ3n) is 3.07. The van der Waals surface area contributed by atoms with Crippen molar-refractivity contribution in [2.24, 2.45) is 11.7 Å². The fourth-order valence-corrected chi connectivity index (χ4v) is 2.14. The van der Waals surface area contributed by atoms with Crippen molar-refractivity contribution >= 4 is 0 Å². The van der Waals surface area contributed by atoms with Gasteiger partial charge < -0.3 is 15.7 Å². The minimum atomic E-state index is 0.260. The highest BCUT2D eigenvalue weighted by Crippen LogP contribution is 2.24. The zero-order chi connectivity index (χ0) is 9.68. The molecule has 3 heteroatoms. The summed E-state index contributed by atoms with van der Waals surface area (Å²) < 4.78 is 0. The van der Waals surface area contributed by atoms with Gasteiger partial charge in [0.05, 0.1) is 6.61 Å². The predicted octanol–water partition coefficient (Wildman–Crippen LogP) is 0.428. The van der Waals surface area contributed by atoms with E-state index in [0.29, 0.717) is 12.0 Å². The topological polar surface area (TPSA) is 49.5 Å². The lowest BCUT2D eigenvalue weighted by Gasteiger charge is -2.25. The molecule has 0 heterocycles. The van der Waals surface area contributed by atoms with Crippen LogP contribution in [-0.2, 0) is 0 Å². The highest BCUT2D eigenvalue weighted by atomic mass is 16.3. The Morgan fingerprint density at radius 1 is 1.46 bits per heavy atom. The summed E-state index contributed by atoms with van der Waals surface area (Å²) in [5.41, 5.74) is 5.99. The van der Waals surface area contributed by atoms with Crippen LogP contribution in [0, 0.1) is 5.92 Å². The second-order valence-corrected chi connectivity index (χ2v) is 3.97. The SMILES string of the molecule is CCN(CCO)CC1CCCC1N. The van der Waals surface area contributed by atoms with Gasteiger partial charge in [-0.15, -0.1) is 0 Å². The van der Waals surface area contributed by atoms with Crippen LogP contribution in [-0.4, -0.2) is 42.3 Å². The van der Waals surface area contributed by atoms with Gasteiger partial charge >= 0.3 is 0 Å². The van der Waals surface area contributed by atoms with Crippen LogP contribution in [0.1, 0.15) is 26.2 Å². The largest absolute Gasteiger partial charge is 0.395 e. The minimum Gasteiger partial charge on any atom is -0.395 e. The van der Waals surface area contributed by atoms with E-state index in [1.165, 1.54) is 19.3 Å². The lowest BCUT2D eigenvalue weighted by molar-refractivity contribution is 0.177. The quantitative estimate of drug-likeness (QED) is 0.654. The first-order valence-corrected chi connectivity index (χ1v) is 5.36. The Balaban J connectivity index is 2.27. The molecule has 78 valence electrons. The van der Waals surface area contributed by atoms with Gasteiger partial charge in [-0.1, -0.05) is 13.3 Å². The van der Waals surface area contributed by atoms with E-state index in [9.17, 15) is 0 Å². The summed E-state index contributed by atoms with van der Waals surface area (Å²) in [6.45, 7) is 5.27. The Hall–Kier alpha value is -0.120. The van der Waals surface area contributed by atoms with Crippen molar-refractivity contribution in [1.29, 1.82) is 0 Å². The number of nitrogens with zero attached hydrogens (tertiary/aromatic N) is 1. The zero-order valence-corrected chi connectivity index (χ0v) is 8.58. The molecule has 0 spiro atoms. The van der Waals surface area contributed by atoms with E-state index >= 15 is 0 Å². The van der Waals surface area contributed by atoms with Crippen molar-refractivity contribution in [3.8, 4) is 0 Å². The molecule has 1 saturated carbocycles. The minimum absolute atomic E-state index is 0.260. The van der Waals surface area contributed by atoms with E-state index in [0.717, 1.165) is 19.6 Å². The number of aliphatic hydroxyl groups excluding tert-OH is 1. The van der Waals surface area contributed by atoms with E-state index < -0.39 is 0 Å². The first-order valence-electron chi connectivity index (χ1n) is 5.36. The lowest BCUT2D eigenvalue weighted by atomic mass is 10.0. The molecule has 1 aliphatic rings. The van der Waals surface area contributed by atoms with E-state index in [1.54, 1.807) is 0 Å². The number of nitrogens with two attached hydrogens (primary N) is 1. The fraction of sp³-hybridized carbons (Fsp3) is 1.00. The first-order chi connectivity index (χ1) is 6.27. The second-order valence-electron chi connectivity index (χ2n) is 3.97. The maximum Gasteiger partial charge on any atom is 0.0558 e. The van der Waals surface area contributed by atoms with Crippen LogP contribution in [0.15, 0.2) is 0 Å². The summed E-state index contributed by atoms with van der Waals surface area (Å²) in [5, 5.41) is 8.83. The van der Waals surface area contributed by atoms with E-state index in [2.05, 4.69) is 11.8 Å². The van der Waals surface area contributed by atoms with Crippen LogP contribution >= 0.6 is 0 Å². The van der Waals surface area contributed by atoms with Gasteiger partial charge in [-0.05, 0) is 25.3 Å². The molecule has 0 aliphatic heterocycles. The molecule has 2 atom stereocenters. The summed E-state index contributed by atoms with van der Waals surface area (Å²) in [4.78, 5) is 2.29. The highest BCUT2D eigenvalue weighted by Gasteiger charge is 2.25. The van der Waals surface area contributed by atoms with E-state index in [1.807, 2.05) is 0 Å². The highest BCUT2D eigenvalue weighted by molar-refractivity contribution is 4.82. The molecule has 0 saturated heterocycles. The summed E-state index contributed by atoms with van der Waals surface area (Å²) in [6, 6.07) is 0.396.